The average Bonchev–Trinajstić information content (AvgIpc) is 3.28. The van der Waals surface area contributed by atoms with Gasteiger partial charge in [-0.1, -0.05) is 22.0 Å². The van der Waals surface area contributed by atoms with Crippen LogP contribution in [0.25, 0.3) is 11.0 Å². The number of carbonyl (C=O) groups is 2. The summed E-state index contributed by atoms with van der Waals surface area (Å²) in [5.74, 6) is -0.803. The number of hydrogen-bond acceptors (Lipinski definition) is 5. The Hall–Kier alpha value is -3.15. The lowest BCUT2D eigenvalue weighted by Crippen LogP contribution is -2.55. The summed E-state index contributed by atoms with van der Waals surface area (Å²) in [7, 11) is 0. The van der Waals surface area contributed by atoms with Gasteiger partial charge in [0.2, 0.25) is 17.7 Å². The fourth-order valence-electron chi connectivity index (χ4n) is 4.47. The summed E-state index contributed by atoms with van der Waals surface area (Å²) in [5, 5.41) is 8.56. The molecule has 1 fully saturated rings. The van der Waals surface area contributed by atoms with Crippen LogP contribution in [0.2, 0.25) is 0 Å². The number of aromatic nitrogens is 3. The van der Waals surface area contributed by atoms with Crippen molar-refractivity contribution in [1.29, 1.82) is 0 Å². The molecule has 2 aliphatic rings. The van der Waals surface area contributed by atoms with E-state index in [1.165, 1.54) is 4.90 Å². The third-order valence-electron chi connectivity index (χ3n) is 5.91. The van der Waals surface area contributed by atoms with Crippen molar-refractivity contribution in [3.05, 3.63) is 46.6 Å². The average molecular weight is 524 g/mol. The van der Waals surface area contributed by atoms with Gasteiger partial charge in [0.1, 0.15) is 24.7 Å². The van der Waals surface area contributed by atoms with Crippen LogP contribution < -0.4 is 15.0 Å². The smallest absolute Gasteiger partial charge is 0.405 e. The molecule has 1 aliphatic heterocycles. The van der Waals surface area contributed by atoms with E-state index in [4.69, 9.17) is 4.74 Å². The van der Waals surface area contributed by atoms with Crippen LogP contribution in [0.4, 0.5) is 18.9 Å². The number of anilines is 1. The molecule has 2 aromatic heterocycles. The largest absolute Gasteiger partial charge is 0.474 e. The molecule has 1 spiro atoms. The molecular weight excluding hydrogens is 507 g/mol. The van der Waals surface area contributed by atoms with Crippen LogP contribution in [0.15, 0.2) is 41.0 Å². The predicted molar refractivity (Wildman–Crippen MR) is 115 cm³/mol. The monoisotopic (exact) mass is 523 g/mol. The minimum Gasteiger partial charge on any atom is -0.474 e. The highest BCUT2D eigenvalue weighted by Gasteiger charge is 2.60. The van der Waals surface area contributed by atoms with Gasteiger partial charge in [-0.15, -0.1) is 0 Å². The summed E-state index contributed by atoms with van der Waals surface area (Å²) < 4.78 is 44.0. The first-order chi connectivity index (χ1) is 15.7. The number of amides is 2. The van der Waals surface area contributed by atoms with Gasteiger partial charge >= 0.3 is 6.18 Å². The number of ether oxygens (including phenoxy) is 1. The molecule has 33 heavy (non-hydrogen) atoms. The molecule has 0 radical (unpaired) electrons. The normalized spacial score (nSPS) is 21.9. The Morgan fingerprint density at radius 3 is 2.85 bits per heavy atom. The van der Waals surface area contributed by atoms with Crippen molar-refractivity contribution < 1.29 is 27.5 Å². The zero-order valence-electron chi connectivity index (χ0n) is 16.9. The molecule has 0 unspecified atom stereocenters. The Labute approximate surface area is 193 Å². The standard InChI is InChI=1S/C21H17BrF3N5O3/c22-12-2-1-3-15-18(12)20(19(32)30(15)9-16(31)26-10-21(23,24)25)6-11(7-20)33-17-5-4-13-14(28-17)8-27-29-13/h1-5,8,11H,6-7,9-10H2,(H,26,31)(H,27,29). The van der Waals surface area contributed by atoms with Crippen molar-refractivity contribution >= 4 is 44.5 Å². The van der Waals surface area contributed by atoms with Crippen LogP contribution in [0.5, 0.6) is 5.88 Å². The van der Waals surface area contributed by atoms with Gasteiger partial charge in [0.05, 0.1) is 17.1 Å². The molecule has 12 heteroatoms. The van der Waals surface area contributed by atoms with Crippen molar-refractivity contribution in [2.75, 3.05) is 18.0 Å². The van der Waals surface area contributed by atoms with Crippen molar-refractivity contribution in [1.82, 2.24) is 20.5 Å². The molecule has 8 nitrogen and oxygen atoms in total. The maximum absolute atomic E-state index is 13.4. The summed E-state index contributed by atoms with van der Waals surface area (Å²) in [4.78, 5) is 31.2. The van der Waals surface area contributed by atoms with Gasteiger partial charge in [-0.2, -0.15) is 18.3 Å². The number of alkyl halides is 3. The van der Waals surface area contributed by atoms with Crippen molar-refractivity contribution in [2.24, 2.45) is 0 Å². The number of rotatable bonds is 5. The van der Waals surface area contributed by atoms with E-state index in [9.17, 15) is 22.8 Å². The van der Waals surface area contributed by atoms with E-state index in [-0.39, 0.29) is 12.0 Å². The van der Waals surface area contributed by atoms with Crippen molar-refractivity contribution in [3.8, 4) is 5.88 Å². The lowest BCUT2D eigenvalue weighted by atomic mass is 9.63. The van der Waals surface area contributed by atoms with Crippen LogP contribution in [0.3, 0.4) is 0 Å². The zero-order chi connectivity index (χ0) is 23.4. The first-order valence-electron chi connectivity index (χ1n) is 10.1. The van der Waals surface area contributed by atoms with Crippen LogP contribution in [-0.2, 0) is 15.0 Å². The first-order valence-corrected chi connectivity index (χ1v) is 10.9. The first kappa shape index (κ1) is 21.7. The second kappa shape index (κ2) is 7.72. The van der Waals surface area contributed by atoms with E-state index >= 15 is 0 Å². The van der Waals surface area contributed by atoms with Crippen LogP contribution in [-0.4, -0.2) is 52.4 Å². The number of carbonyl (C=O) groups excluding carboxylic acids is 2. The fourth-order valence-corrected chi connectivity index (χ4v) is 5.20. The Kier molecular flexibility index (Phi) is 5.07. The van der Waals surface area contributed by atoms with E-state index in [1.54, 1.807) is 36.5 Å². The van der Waals surface area contributed by atoms with Gasteiger partial charge in [-0.25, -0.2) is 4.98 Å². The maximum atomic E-state index is 13.4. The minimum absolute atomic E-state index is 0.287. The van der Waals surface area contributed by atoms with E-state index in [1.807, 2.05) is 5.32 Å². The Morgan fingerprint density at radius 1 is 1.30 bits per heavy atom. The lowest BCUT2D eigenvalue weighted by molar-refractivity contribution is -0.138. The maximum Gasteiger partial charge on any atom is 0.405 e. The predicted octanol–water partition coefficient (Wildman–Crippen LogP) is 3.22. The zero-order valence-corrected chi connectivity index (χ0v) is 18.5. The van der Waals surface area contributed by atoms with Crippen molar-refractivity contribution in [2.45, 2.75) is 30.5 Å². The molecule has 3 aromatic rings. The molecule has 0 bridgehead atoms. The van der Waals surface area contributed by atoms with E-state index in [0.717, 1.165) is 11.1 Å². The Morgan fingerprint density at radius 2 is 2.09 bits per heavy atom. The third-order valence-corrected chi connectivity index (χ3v) is 6.57. The molecular formula is C21H17BrF3N5O3. The summed E-state index contributed by atoms with van der Waals surface area (Å²) in [6.45, 7) is -1.95. The number of nitrogens with one attached hydrogen (secondary N) is 2. The number of benzene rings is 1. The highest BCUT2D eigenvalue weighted by Crippen LogP contribution is 2.56. The number of H-pyrrole nitrogens is 1. The third kappa shape index (κ3) is 3.81. The topological polar surface area (TPSA) is 100 Å². The minimum atomic E-state index is -4.53. The van der Waals surface area contributed by atoms with Gasteiger partial charge in [0.25, 0.3) is 0 Å². The summed E-state index contributed by atoms with van der Waals surface area (Å²) in [5.41, 5.74) is 1.74. The molecule has 1 aromatic carbocycles. The highest BCUT2D eigenvalue weighted by atomic mass is 79.9. The van der Waals surface area contributed by atoms with Crippen LogP contribution in [0, 0.1) is 0 Å². The molecule has 172 valence electrons. The summed E-state index contributed by atoms with van der Waals surface area (Å²) in [6.07, 6.45) is -2.52. The van der Waals surface area contributed by atoms with Crippen molar-refractivity contribution in [3.63, 3.8) is 0 Å². The molecule has 2 amide bonds. The Bertz CT molecular complexity index is 1260. The van der Waals surface area contributed by atoms with Gasteiger partial charge in [-0.3, -0.25) is 14.7 Å². The molecule has 3 heterocycles. The number of aromatic amines is 1. The fraction of sp³-hybridized carbons (Fsp3) is 0.333. The molecule has 1 saturated carbocycles. The Balaban J connectivity index is 1.34. The summed E-state index contributed by atoms with van der Waals surface area (Å²) in [6, 6.07) is 8.71. The molecule has 2 N–H and O–H groups in total. The molecule has 0 atom stereocenters. The molecule has 1 aliphatic carbocycles. The van der Waals surface area contributed by atoms with Crippen LogP contribution in [0.1, 0.15) is 18.4 Å². The quantitative estimate of drug-likeness (QED) is 0.534. The highest BCUT2D eigenvalue weighted by molar-refractivity contribution is 9.10. The van der Waals surface area contributed by atoms with E-state index in [2.05, 4.69) is 31.1 Å². The van der Waals surface area contributed by atoms with E-state index < -0.39 is 30.6 Å². The number of hydrogen-bond donors (Lipinski definition) is 2. The molecule has 0 saturated heterocycles. The lowest BCUT2D eigenvalue weighted by Gasteiger charge is -2.43. The second-order valence-electron chi connectivity index (χ2n) is 8.10. The number of pyridine rings is 1. The van der Waals surface area contributed by atoms with Crippen LogP contribution >= 0.6 is 15.9 Å². The summed E-state index contributed by atoms with van der Waals surface area (Å²) >= 11 is 3.49. The van der Waals surface area contributed by atoms with E-state index in [0.29, 0.717) is 34.4 Å². The second-order valence-corrected chi connectivity index (χ2v) is 8.95. The van der Waals surface area contributed by atoms with Gasteiger partial charge in [0, 0.05) is 34.6 Å². The van der Waals surface area contributed by atoms with Gasteiger partial charge < -0.3 is 15.0 Å². The number of fused-ring (bicyclic) bond motifs is 3. The van der Waals surface area contributed by atoms with Gasteiger partial charge in [-0.05, 0) is 18.2 Å². The SMILES string of the molecule is O=C(CN1C(=O)C2(CC(Oc3ccc4[nH]ncc4n3)C2)c2c(Br)cccc21)NCC(F)(F)F. The molecule has 5 rings (SSSR count). The number of nitrogens with zero attached hydrogens (tertiary/aromatic N) is 3. The van der Waals surface area contributed by atoms with Gasteiger partial charge in [0.15, 0.2) is 0 Å². The number of halogens is 4.